The molecule has 0 radical (unpaired) electrons. The van der Waals surface area contributed by atoms with Crippen LogP contribution in [0.1, 0.15) is 11.3 Å². The highest BCUT2D eigenvalue weighted by molar-refractivity contribution is 5.61. The summed E-state index contributed by atoms with van der Waals surface area (Å²) >= 11 is 0. The Bertz CT molecular complexity index is 916. The first kappa shape index (κ1) is 16.4. The van der Waals surface area contributed by atoms with Crippen molar-refractivity contribution in [1.82, 2.24) is 9.97 Å². The summed E-state index contributed by atoms with van der Waals surface area (Å²) in [5, 5.41) is 14.5. The maximum absolute atomic E-state index is 11.3. The first-order chi connectivity index (χ1) is 12.1. The van der Waals surface area contributed by atoms with Crippen LogP contribution in [0.15, 0.2) is 54.9 Å². The van der Waals surface area contributed by atoms with Crippen LogP contribution >= 0.6 is 0 Å². The average molecular weight is 331 g/mol. The summed E-state index contributed by atoms with van der Waals surface area (Å²) in [6.07, 6.45) is 3.76. The van der Waals surface area contributed by atoms with Crippen molar-refractivity contribution in [1.29, 1.82) is 0 Å². The molecule has 0 atom stereocenters. The van der Waals surface area contributed by atoms with E-state index < -0.39 is 0 Å². The molecule has 1 aromatic carbocycles. The van der Waals surface area contributed by atoms with Crippen LogP contribution in [0, 0.1) is 18.7 Å². The predicted octanol–water partition coefficient (Wildman–Crippen LogP) is 3.29. The van der Waals surface area contributed by atoms with E-state index in [1.165, 1.54) is 6.20 Å². The van der Waals surface area contributed by atoms with Crippen LogP contribution in [-0.2, 0) is 6.42 Å². The number of nitrogens with one attached hydrogen (secondary N) is 1. The highest BCUT2D eigenvalue weighted by atomic mass is 16.5. The second kappa shape index (κ2) is 7.41. The molecule has 6 heteroatoms. The van der Waals surface area contributed by atoms with Gasteiger partial charge in [-0.25, -0.2) is 14.8 Å². The Morgan fingerprint density at radius 2 is 2.00 bits per heavy atom. The van der Waals surface area contributed by atoms with Gasteiger partial charge in [-0.15, -0.1) is 0 Å². The van der Waals surface area contributed by atoms with Crippen LogP contribution in [-0.4, -0.2) is 16.5 Å². The summed E-state index contributed by atoms with van der Waals surface area (Å²) in [5.41, 5.74) is 3.28. The Hall–Kier alpha value is -3.46. The van der Waals surface area contributed by atoms with Gasteiger partial charge < -0.3 is 10.5 Å². The van der Waals surface area contributed by atoms with Crippen LogP contribution in [0.3, 0.4) is 0 Å². The Morgan fingerprint density at radius 3 is 2.72 bits per heavy atom. The number of benzene rings is 1. The monoisotopic (exact) mass is 331 g/mol. The van der Waals surface area contributed by atoms with E-state index in [1.807, 2.05) is 31.2 Å². The molecule has 3 rings (SSSR count). The predicted molar refractivity (Wildman–Crippen MR) is 96.1 cm³/mol. The first-order valence-corrected chi connectivity index (χ1v) is 7.89. The van der Waals surface area contributed by atoms with Crippen molar-refractivity contribution in [3.63, 3.8) is 0 Å². The van der Waals surface area contributed by atoms with Gasteiger partial charge in [0.05, 0.1) is 6.57 Å². The molecule has 0 fully saturated rings. The minimum Gasteiger partial charge on any atom is -0.619 e. The van der Waals surface area contributed by atoms with Crippen LogP contribution < -0.4 is 10.0 Å². The molecular formula is C19H17N5O. The lowest BCUT2D eigenvalue weighted by Gasteiger charge is -2.09. The van der Waals surface area contributed by atoms with E-state index >= 15 is 0 Å². The van der Waals surface area contributed by atoms with Gasteiger partial charge in [-0.2, -0.15) is 4.73 Å². The fraction of sp³-hybridized carbons (Fsp3) is 0.158. The van der Waals surface area contributed by atoms with E-state index in [0.717, 1.165) is 33.8 Å². The third-order valence-corrected chi connectivity index (χ3v) is 3.66. The fourth-order valence-corrected chi connectivity index (χ4v) is 2.46. The second-order valence-electron chi connectivity index (χ2n) is 5.63. The molecule has 0 aliphatic carbocycles. The standard InChI is InChI=1S/C19H17N5O/c1-14-12-18(21-10-9-15-4-3-11-24(25)13-15)23-19(22-14)16-5-7-17(20-2)8-6-16/h3-8,11-13H,9-10H2,1H3,(H,21,22,23). The quantitative estimate of drug-likeness (QED) is 0.442. The number of rotatable bonds is 5. The molecular weight excluding hydrogens is 314 g/mol. The van der Waals surface area contributed by atoms with Gasteiger partial charge >= 0.3 is 0 Å². The fourth-order valence-electron chi connectivity index (χ4n) is 2.46. The molecule has 0 saturated carbocycles. The van der Waals surface area contributed by atoms with E-state index in [9.17, 15) is 5.21 Å². The van der Waals surface area contributed by atoms with Gasteiger partial charge in [0.1, 0.15) is 5.82 Å². The zero-order chi connectivity index (χ0) is 17.6. The van der Waals surface area contributed by atoms with Crippen molar-refractivity contribution in [3.8, 4) is 11.4 Å². The molecule has 2 heterocycles. The smallest absolute Gasteiger partial charge is 0.187 e. The van der Waals surface area contributed by atoms with Gasteiger partial charge in [0.15, 0.2) is 23.9 Å². The molecule has 0 bridgehead atoms. The van der Waals surface area contributed by atoms with Crippen molar-refractivity contribution in [3.05, 3.63) is 82.7 Å². The molecule has 0 unspecified atom stereocenters. The molecule has 1 N–H and O–H groups in total. The van der Waals surface area contributed by atoms with Crippen LogP contribution in [0.4, 0.5) is 11.5 Å². The summed E-state index contributed by atoms with van der Waals surface area (Å²) in [6.45, 7) is 9.59. The molecule has 0 aliphatic rings. The summed E-state index contributed by atoms with van der Waals surface area (Å²) in [5.74, 6) is 1.36. The molecule has 0 aliphatic heterocycles. The summed E-state index contributed by atoms with van der Waals surface area (Å²) in [7, 11) is 0. The Kier molecular flexibility index (Phi) is 4.86. The Labute approximate surface area is 146 Å². The number of nitrogens with zero attached hydrogens (tertiary/aromatic N) is 4. The molecule has 6 nitrogen and oxygen atoms in total. The largest absolute Gasteiger partial charge is 0.619 e. The summed E-state index contributed by atoms with van der Waals surface area (Å²) in [4.78, 5) is 12.4. The number of hydrogen-bond acceptors (Lipinski definition) is 4. The number of aryl methyl sites for hydroxylation is 1. The van der Waals surface area contributed by atoms with E-state index in [2.05, 4.69) is 20.1 Å². The molecule has 2 aromatic heterocycles. The number of aromatic nitrogens is 3. The minimum atomic E-state index is 0.591. The SMILES string of the molecule is [C-]#[N+]c1ccc(-c2nc(C)cc(NCCc3ccc[n+]([O-])c3)n2)cc1. The third kappa shape index (κ3) is 4.30. The topological polar surface area (TPSA) is 69.1 Å². The maximum atomic E-state index is 11.3. The molecule has 3 aromatic rings. The van der Waals surface area contributed by atoms with E-state index in [0.29, 0.717) is 18.1 Å². The maximum Gasteiger partial charge on any atom is 0.187 e. The average Bonchev–Trinajstić information content (AvgIpc) is 2.61. The lowest BCUT2D eigenvalue weighted by atomic mass is 10.2. The zero-order valence-corrected chi connectivity index (χ0v) is 13.8. The van der Waals surface area contributed by atoms with Crippen molar-refractivity contribution >= 4 is 11.5 Å². The lowest BCUT2D eigenvalue weighted by molar-refractivity contribution is -0.605. The molecule has 0 spiro atoms. The molecule has 0 amide bonds. The highest BCUT2D eigenvalue weighted by Gasteiger charge is 2.06. The van der Waals surface area contributed by atoms with Gasteiger partial charge in [0.25, 0.3) is 0 Å². The Balaban J connectivity index is 1.71. The molecule has 124 valence electrons. The van der Waals surface area contributed by atoms with Gasteiger partial charge in [-0.3, -0.25) is 0 Å². The van der Waals surface area contributed by atoms with E-state index in [4.69, 9.17) is 6.57 Å². The summed E-state index contributed by atoms with van der Waals surface area (Å²) in [6, 6.07) is 12.8. The van der Waals surface area contributed by atoms with Crippen molar-refractivity contribution < 1.29 is 4.73 Å². The lowest BCUT2D eigenvalue weighted by Crippen LogP contribution is -2.25. The van der Waals surface area contributed by atoms with Crippen LogP contribution in [0.25, 0.3) is 16.2 Å². The van der Waals surface area contributed by atoms with Gasteiger partial charge in [-0.05, 0) is 19.4 Å². The molecule has 25 heavy (non-hydrogen) atoms. The number of pyridine rings is 1. The second-order valence-corrected chi connectivity index (χ2v) is 5.63. The summed E-state index contributed by atoms with van der Waals surface area (Å²) < 4.78 is 0.801. The number of hydrogen-bond donors (Lipinski definition) is 1. The van der Waals surface area contributed by atoms with Crippen LogP contribution in [0.2, 0.25) is 0 Å². The van der Waals surface area contributed by atoms with Gasteiger partial charge in [0.2, 0.25) is 0 Å². The molecule has 0 saturated heterocycles. The minimum absolute atomic E-state index is 0.591. The zero-order valence-electron chi connectivity index (χ0n) is 13.8. The number of anilines is 1. The normalized spacial score (nSPS) is 10.2. The van der Waals surface area contributed by atoms with Gasteiger partial charge in [-0.1, -0.05) is 24.3 Å². The van der Waals surface area contributed by atoms with E-state index in [-0.39, 0.29) is 0 Å². The van der Waals surface area contributed by atoms with Gasteiger partial charge in [0, 0.05) is 35.5 Å². The Morgan fingerprint density at radius 1 is 1.20 bits per heavy atom. The van der Waals surface area contributed by atoms with Crippen molar-refractivity contribution in [2.24, 2.45) is 0 Å². The van der Waals surface area contributed by atoms with Crippen LogP contribution in [0.5, 0.6) is 0 Å². The van der Waals surface area contributed by atoms with Crippen molar-refractivity contribution in [2.75, 3.05) is 11.9 Å². The van der Waals surface area contributed by atoms with E-state index in [1.54, 1.807) is 24.4 Å². The third-order valence-electron chi connectivity index (χ3n) is 3.66. The van der Waals surface area contributed by atoms with Crippen molar-refractivity contribution in [2.45, 2.75) is 13.3 Å². The highest BCUT2D eigenvalue weighted by Crippen LogP contribution is 2.21. The first-order valence-electron chi connectivity index (χ1n) is 7.89.